The van der Waals surface area contributed by atoms with Crippen LogP contribution >= 0.6 is 0 Å². The van der Waals surface area contributed by atoms with Crippen molar-refractivity contribution in [2.45, 2.75) is 43.4 Å². The minimum Gasteiger partial charge on any atom is -0.453 e. The van der Waals surface area contributed by atoms with Crippen LogP contribution in [0.15, 0.2) is 53.6 Å². The molecule has 1 aliphatic heterocycles. The summed E-state index contributed by atoms with van der Waals surface area (Å²) in [6.07, 6.45) is -3.55. The summed E-state index contributed by atoms with van der Waals surface area (Å²) in [4.78, 5) is 32.3. The first-order valence-corrected chi connectivity index (χ1v) is 12.2. The average Bonchev–Trinajstić information content (AvgIpc) is 2.90. The number of benzene rings is 1. The first kappa shape index (κ1) is 30.0. The van der Waals surface area contributed by atoms with Gasteiger partial charge >= 0.3 is 6.18 Å². The summed E-state index contributed by atoms with van der Waals surface area (Å²) in [5.74, 6) is -7.38. The molecule has 220 valence electrons. The van der Waals surface area contributed by atoms with Crippen molar-refractivity contribution in [1.29, 1.82) is 0 Å². The highest BCUT2D eigenvalue weighted by Gasteiger charge is 2.47. The third-order valence-corrected chi connectivity index (χ3v) is 6.74. The Morgan fingerprint density at radius 2 is 1.95 bits per heavy atom. The standard InChI is InChI=1S/C26H24F7N5O3/c1-13(23(39)37-21-5-3-16(11-35-21)41-20-4-2-15(27)9-19(20)28)38-7-6-25(29,30)18(12-38)14-8-17(24(40)36-10-14)22(34)26(31,32)33/h2-5,8-11,13,18,22H,6-7,12,34H2,1H3,(H,36,40)(H,35,37,39)/t13-,18+,22+/m0/s1. The van der Waals surface area contributed by atoms with Crippen LogP contribution in [-0.4, -0.2) is 52.0 Å². The summed E-state index contributed by atoms with van der Waals surface area (Å²) in [7, 11) is 0. The molecule has 3 heterocycles. The number of amides is 1. The molecule has 1 amide bonds. The number of halogens is 7. The molecule has 0 aliphatic carbocycles. The predicted molar refractivity (Wildman–Crippen MR) is 133 cm³/mol. The van der Waals surface area contributed by atoms with Crippen LogP contribution in [0.2, 0.25) is 0 Å². The number of rotatable bonds is 7. The fourth-order valence-electron chi connectivity index (χ4n) is 4.35. The summed E-state index contributed by atoms with van der Waals surface area (Å²) in [6.45, 7) is 0.861. The Morgan fingerprint density at radius 3 is 2.59 bits per heavy atom. The number of hydrogen-bond acceptors (Lipinski definition) is 6. The van der Waals surface area contributed by atoms with Crippen LogP contribution in [0, 0.1) is 11.6 Å². The largest absolute Gasteiger partial charge is 0.453 e. The second-order valence-corrected chi connectivity index (χ2v) is 9.52. The summed E-state index contributed by atoms with van der Waals surface area (Å²) < 4.78 is 101. The topological polar surface area (TPSA) is 113 Å². The summed E-state index contributed by atoms with van der Waals surface area (Å²) >= 11 is 0. The lowest BCUT2D eigenvalue weighted by atomic mass is 9.86. The minimum atomic E-state index is -4.96. The summed E-state index contributed by atoms with van der Waals surface area (Å²) in [6, 6.07) is 2.57. The van der Waals surface area contributed by atoms with Crippen molar-refractivity contribution in [3.8, 4) is 11.5 Å². The number of aromatic amines is 1. The number of piperidine rings is 1. The number of hydrogen-bond donors (Lipinski definition) is 3. The zero-order chi connectivity index (χ0) is 30.1. The predicted octanol–water partition coefficient (Wildman–Crippen LogP) is 4.85. The van der Waals surface area contributed by atoms with Crippen LogP contribution in [0.4, 0.5) is 36.6 Å². The monoisotopic (exact) mass is 587 g/mol. The number of alkyl halides is 5. The number of pyridine rings is 2. The Morgan fingerprint density at radius 1 is 1.22 bits per heavy atom. The molecular weight excluding hydrogens is 563 g/mol. The number of nitrogens with one attached hydrogen (secondary N) is 2. The normalized spacial score (nSPS) is 18.9. The Kier molecular flexibility index (Phi) is 8.40. The maximum atomic E-state index is 14.9. The van der Waals surface area contributed by atoms with Gasteiger partial charge in [0.25, 0.3) is 11.5 Å². The molecule has 8 nitrogen and oxygen atoms in total. The van der Waals surface area contributed by atoms with E-state index in [1.54, 1.807) is 0 Å². The van der Waals surface area contributed by atoms with E-state index >= 15 is 0 Å². The Labute approximate surface area is 228 Å². The van der Waals surface area contributed by atoms with Crippen LogP contribution in [0.25, 0.3) is 0 Å². The van der Waals surface area contributed by atoms with Crippen LogP contribution in [-0.2, 0) is 4.79 Å². The van der Waals surface area contributed by atoms with Gasteiger partial charge in [-0.25, -0.2) is 22.5 Å². The van der Waals surface area contributed by atoms with Gasteiger partial charge in [0.1, 0.15) is 23.4 Å². The lowest BCUT2D eigenvalue weighted by molar-refractivity contribution is -0.149. The molecule has 2 aromatic heterocycles. The number of ether oxygens (including phenoxy) is 1. The number of H-pyrrole nitrogens is 1. The van der Waals surface area contributed by atoms with Crippen molar-refractivity contribution in [3.05, 3.63) is 81.9 Å². The number of nitrogens with zero attached hydrogens (tertiary/aromatic N) is 2. The SMILES string of the molecule is C[C@@H](C(=O)Nc1ccc(Oc2ccc(F)cc2F)cn1)N1CCC(F)(F)[C@@H](c2c[nH]c(=O)c([C@@H](N)C(F)(F)F)c2)C1. The number of carbonyl (C=O) groups excluding carboxylic acids is 1. The summed E-state index contributed by atoms with van der Waals surface area (Å²) in [5, 5.41) is 2.52. The smallest absolute Gasteiger partial charge is 0.407 e. The summed E-state index contributed by atoms with van der Waals surface area (Å²) in [5.41, 5.74) is 2.86. The molecule has 1 aliphatic rings. The Balaban J connectivity index is 1.45. The molecule has 1 fully saturated rings. The number of carbonyl (C=O) groups is 1. The maximum Gasteiger partial charge on any atom is 0.407 e. The van der Waals surface area contributed by atoms with Gasteiger partial charge in [0.2, 0.25) is 5.91 Å². The molecule has 4 N–H and O–H groups in total. The highest BCUT2D eigenvalue weighted by molar-refractivity contribution is 5.93. The van der Waals surface area contributed by atoms with Gasteiger partial charge in [-0.2, -0.15) is 13.2 Å². The molecule has 1 aromatic carbocycles. The van der Waals surface area contributed by atoms with Crippen molar-refractivity contribution < 1.29 is 40.3 Å². The molecule has 1 saturated heterocycles. The fourth-order valence-corrected chi connectivity index (χ4v) is 4.35. The molecule has 0 bridgehead atoms. The zero-order valence-electron chi connectivity index (χ0n) is 21.3. The van der Waals surface area contributed by atoms with Gasteiger partial charge in [0.05, 0.1) is 18.2 Å². The van der Waals surface area contributed by atoms with E-state index in [1.165, 1.54) is 30.2 Å². The van der Waals surface area contributed by atoms with Crippen LogP contribution in [0.3, 0.4) is 0 Å². The van der Waals surface area contributed by atoms with Gasteiger partial charge in [0, 0.05) is 37.3 Å². The zero-order valence-corrected chi connectivity index (χ0v) is 21.3. The molecule has 0 spiro atoms. The number of aromatic nitrogens is 2. The Hall–Kier alpha value is -3.98. The Bertz CT molecular complexity index is 1460. The van der Waals surface area contributed by atoms with Gasteiger partial charge in [-0.3, -0.25) is 14.5 Å². The molecule has 0 unspecified atom stereocenters. The second kappa shape index (κ2) is 11.5. The first-order chi connectivity index (χ1) is 19.2. The maximum absolute atomic E-state index is 14.9. The van der Waals surface area contributed by atoms with Gasteiger partial charge in [-0.1, -0.05) is 0 Å². The van der Waals surface area contributed by atoms with E-state index in [9.17, 15) is 40.3 Å². The van der Waals surface area contributed by atoms with E-state index in [1.807, 2.05) is 0 Å². The van der Waals surface area contributed by atoms with Crippen LogP contribution in [0.5, 0.6) is 11.5 Å². The third-order valence-electron chi connectivity index (χ3n) is 6.74. The average molecular weight is 587 g/mol. The number of nitrogens with two attached hydrogens (primary N) is 1. The van der Waals surface area contributed by atoms with E-state index in [0.717, 1.165) is 24.4 Å². The highest BCUT2D eigenvalue weighted by Crippen LogP contribution is 2.41. The minimum absolute atomic E-state index is 0.0686. The van der Waals surface area contributed by atoms with E-state index < -0.39 is 71.7 Å². The fraction of sp³-hybridized carbons (Fsp3) is 0.346. The van der Waals surface area contributed by atoms with Gasteiger partial charge < -0.3 is 20.8 Å². The van der Waals surface area contributed by atoms with E-state index in [-0.39, 0.29) is 29.4 Å². The van der Waals surface area contributed by atoms with Crippen molar-refractivity contribution in [3.63, 3.8) is 0 Å². The lowest BCUT2D eigenvalue weighted by Crippen LogP contribution is -2.52. The van der Waals surface area contributed by atoms with Crippen molar-refractivity contribution >= 4 is 11.7 Å². The highest BCUT2D eigenvalue weighted by atomic mass is 19.4. The van der Waals surface area contributed by atoms with Crippen LogP contribution in [0.1, 0.15) is 36.4 Å². The molecule has 0 saturated carbocycles. The molecule has 3 atom stereocenters. The van der Waals surface area contributed by atoms with E-state index in [2.05, 4.69) is 15.3 Å². The molecule has 3 aromatic rings. The second-order valence-electron chi connectivity index (χ2n) is 9.52. The molecule has 4 rings (SSSR count). The van der Waals surface area contributed by atoms with Gasteiger partial charge in [0.15, 0.2) is 11.6 Å². The third kappa shape index (κ3) is 6.85. The quantitative estimate of drug-likeness (QED) is 0.341. The molecule has 0 radical (unpaired) electrons. The first-order valence-electron chi connectivity index (χ1n) is 12.2. The van der Waals surface area contributed by atoms with Crippen molar-refractivity contribution in [2.75, 3.05) is 18.4 Å². The van der Waals surface area contributed by atoms with Gasteiger partial charge in [-0.05, 0) is 42.8 Å². The lowest BCUT2D eigenvalue weighted by Gasteiger charge is -2.40. The number of anilines is 1. The van der Waals surface area contributed by atoms with E-state index in [4.69, 9.17) is 10.5 Å². The van der Waals surface area contributed by atoms with Gasteiger partial charge in [-0.15, -0.1) is 0 Å². The molecule has 41 heavy (non-hydrogen) atoms. The van der Waals surface area contributed by atoms with Crippen molar-refractivity contribution in [2.24, 2.45) is 5.73 Å². The van der Waals surface area contributed by atoms with Crippen LogP contribution < -0.4 is 21.3 Å². The van der Waals surface area contributed by atoms with Crippen molar-refractivity contribution in [1.82, 2.24) is 14.9 Å². The van der Waals surface area contributed by atoms with E-state index in [0.29, 0.717) is 6.07 Å². The molecular formula is C26H24F7N5O3. The molecule has 15 heteroatoms. The number of likely N-dealkylation sites (tertiary alicyclic amines) is 1.